The van der Waals surface area contributed by atoms with Crippen molar-refractivity contribution in [2.24, 2.45) is 45.7 Å². The molecule has 13 atom stereocenters. The third-order valence-corrected chi connectivity index (χ3v) is 14.6. The van der Waals surface area contributed by atoms with Gasteiger partial charge in [0.15, 0.2) is 5.78 Å². The van der Waals surface area contributed by atoms with E-state index in [2.05, 4.69) is 33.0 Å². The predicted molar refractivity (Wildman–Crippen MR) is 163 cm³/mol. The standard InChI is InChI=1S/C35H58N2O6/c1-30(2,12-7-20-11-16-37-27(36)17-20)34(6,41)29-28(43-29)33(5,40)26-10-15-35(42)23-19-25(39)24-18-21(38)8-13-31(24,3)22(23)9-14-32(26,35)4/h19-22,24,26-29,37-38,40-42H,7-18,36H2,1-6H3/p+1/t20?,21-,22-,24-,26-,27?,28+,29-,31+,32-,33+,34-,35+/m0/s1. The van der Waals surface area contributed by atoms with Gasteiger partial charge in [0.25, 0.3) is 0 Å². The van der Waals surface area contributed by atoms with Crippen molar-refractivity contribution in [2.75, 3.05) is 6.54 Å². The van der Waals surface area contributed by atoms with Crippen LogP contribution in [0, 0.1) is 39.9 Å². The molecule has 2 aliphatic heterocycles. The number of nitrogens with two attached hydrogens (primary N) is 2. The molecule has 0 aromatic rings. The Morgan fingerprint density at radius 1 is 1.00 bits per heavy atom. The third-order valence-electron chi connectivity index (χ3n) is 14.6. The van der Waals surface area contributed by atoms with E-state index >= 15 is 0 Å². The van der Waals surface area contributed by atoms with E-state index in [4.69, 9.17) is 10.5 Å². The molecule has 8 nitrogen and oxygen atoms in total. The monoisotopic (exact) mass is 603 g/mol. The van der Waals surface area contributed by atoms with Gasteiger partial charge in [0.2, 0.25) is 0 Å². The lowest BCUT2D eigenvalue weighted by atomic mass is 9.46. The Labute approximate surface area is 258 Å². The summed E-state index contributed by atoms with van der Waals surface area (Å²) in [6.45, 7) is 13.3. The number of carbonyl (C=O) groups is 1. The Morgan fingerprint density at radius 3 is 2.42 bits per heavy atom. The van der Waals surface area contributed by atoms with Gasteiger partial charge in [-0.15, -0.1) is 0 Å². The molecule has 0 spiro atoms. The third kappa shape index (κ3) is 4.75. The lowest BCUT2D eigenvalue weighted by Crippen LogP contribution is -2.94. The van der Waals surface area contributed by atoms with Crippen LogP contribution in [0.15, 0.2) is 11.6 Å². The first-order chi connectivity index (χ1) is 19.9. The molecule has 6 aliphatic rings. The molecule has 2 saturated heterocycles. The van der Waals surface area contributed by atoms with Crippen molar-refractivity contribution in [3.63, 3.8) is 0 Å². The minimum atomic E-state index is -1.25. The number of hydrogen-bond donors (Lipinski definition) is 6. The summed E-state index contributed by atoms with van der Waals surface area (Å²) in [7, 11) is 0. The second-order valence-electron chi connectivity index (χ2n) is 17.3. The number of fused-ring (bicyclic) bond motifs is 5. The summed E-state index contributed by atoms with van der Waals surface area (Å²) in [6.07, 6.45) is 9.20. The zero-order valence-electron chi connectivity index (χ0n) is 27.4. The van der Waals surface area contributed by atoms with Crippen molar-refractivity contribution in [3.8, 4) is 0 Å². The van der Waals surface area contributed by atoms with Crippen LogP contribution in [-0.4, -0.2) is 74.0 Å². The SMILES string of the molecule is CC(C)(CCC1CC[NH2+]C(N)C1)[C@@](C)(O)[C@H]1O[C@H]1[C@](C)(O)[C@H]1CC[C@@]2(O)C3=CC(=O)[C@@H]4C[C@@H](O)CC[C@]4(C)[C@H]3CC[C@@]12C. The summed E-state index contributed by atoms with van der Waals surface area (Å²) in [5.74, 6) is 0.273. The average molecular weight is 604 g/mol. The fourth-order valence-corrected chi connectivity index (χ4v) is 11.0. The number of epoxide rings is 1. The maximum Gasteiger partial charge on any atom is 0.159 e. The van der Waals surface area contributed by atoms with Crippen LogP contribution in [-0.2, 0) is 9.53 Å². The molecule has 2 heterocycles. The van der Waals surface area contributed by atoms with Crippen molar-refractivity contribution < 1.29 is 35.3 Å². The van der Waals surface area contributed by atoms with Gasteiger partial charge in [-0.2, -0.15) is 0 Å². The summed E-state index contributed by atoms with van der Waals surface area (Å²) < 4.78 is 6.23. The highest BCUT2D eigenvalue weighted by molar-refractivity contribution is 5.95. The number of allylic oxidation sites excluding steroid dienone is 1. The number of aliphatic hydroxyl groups excluding tert-OH is 1. The van der Waals surface area contributed by atoms with Gasteiger partial charge in [0.05, 0.1) is 29.5 Å². The number of hydrogen-bond acceptors (Lipinski definition) is 7. The topological polar surface area (TPSA) is 153 Å². The van der Waals surface area contributed by atoms with Gasteiger partial charge in [0.1, 0.15) is 18.4 Å². The van der Waals surface area contributed by atoms with Crippen LogP contribution in [0.3, 0.4) is 0 Å². The smallest absolute Gasteiger partial charge is 0.159 e. The highest BCUT2D eigenvalue weighted by Gasteiger charge is 2.72. The molecule has 5 fully saturated rings. The summed E-state index contributed by atoms with van der Waals surface area (Å²) in [5.41, 5.74) is 2.20. The van der Waals surface area contributed by atoms with Gasteiger partial charge in [-0.3, -0.25) is 10.5 Å². The van der Waals surface area contributed by atoms with E-state index in [1.807, 2.05) is 13.8 Å². The number of rotatable bonds is 7. The van der Waals surface area contributed by atoms with Gasteiger partial charge in [-0.05, 0) is 118 Å². The molecule has 0 aromatic carbocycles. The van der Waals surface area contributed by atoms with Crippen LogP contribution >= 0.6 is 0 Å². The number of aliphatic hydroxyl groups is 4. The van der Waals surface area contributed by atoms with Crippen LogP contribution in [0.25, 0.3) is 0 Å². The van der Waals surface area contributed by atoms with Gasteiger partial charge in [-0.25, -0.2) is 0 Å². The second kappa shape index (κ2) is 10.3. The predicted octanol–water partition coefficient (Wildman–Crippen LogP) is 2.55. The fraction of sp³-hybridized carbons (Fsp3) is 0.914. The molecule has 43 heavy (non-hydrogen) atoms. The van der Waals surface area contributed by atoms with E-state index in [9.17, 15) is 25.2 Å². The lowest BCUT2D eigenvalue weighted by molar-refractivity contribution is -0.699. The van der Waals surface area contributed by atoms with E-state index in [0.717, 1.165) is 57.1 Å². The van der Waals surface area contributed by atoms with Gasteiger partial charge in [0, 0.05) is 17.8 Å². The molecule has 3 saturated carbocycles. The normalized spacial score (nSPS) is 49.2. The maximum absolute atomic E-state index is 13.5. The van der Waals surface area contributed by atoms with E-state index < -0.39 is 45.9 Å². The molecule has 0 aromatic heterocycles. The molecule has 0 bridgehead atoms. The largest absolute Gasteiger partial charge is 0.393 e. The minimum absolute atomic E-state index is 0.0394. The fourth-order valence-electron chi connectivity index (χ4n) is 11.0. The molecule has 8 N–H and O–H groups in total. The summed E-state index contributed by atoms with van der Waals surface area (Å²) in [6, 6.07) is 0. The van der Waals surface area contributed by atoms with Crippen molar-refractivity contribution in [1.82, 2.24) is 0 Å². The first kappa shape index (κ1) is 32.1. The lowest BCUT2D eigenvalue weighted by Gasteiger charge is -2.60. The molecular formula is C35H59N2O6+. The van der Waals surface area contributed by atoms with E-state index in [1.54, 1.807) is 6.08 Å². The van der Waals surface area contributed by atoms with Crippen LogP contribution < -0.4 is 11.1 Å². The number of quaternary nitrogens is 1. The first-order valence-electron chi connectivity index (χ1n) is 17.2. The highest BCUT2D eigenvalue weighted by atomic mass is 16.6. The summed E-state index contributed by atoms with van der Waals surface area (Å²) in [5, 5.41) is 49.3. The van der Waals surface area contributed by atoms with Crippen LogP contribution in [0.1, 0.15) is 112 Å². The molecular weight excluding hydrogens is 544 g/mol. The van der Waals surface area contributed by atoms with E-state index in [1.165, 1.54) is 0 Å². The molecule has 4 aliphatic carbocycles. The second-order valence-corrected chi connectivity index (χ2v) is 17.3. The quantitative estimate of drug-likeness (QED) is 0.245. The van der Waals surface area contributed by atoms with Crippen molar-refractivity contribution in [1.29, 1.82) is 0 Å². The zero-order valence-corrected chi connectivity index (χ0v) is 27.4. The van der Waals surface area contributed by atoms with Gasteiger partial charge in [-0.1, -0.05) is 27.7 Å². The summed E-state index contributed by atoms with van der Waals surface area (Å²) in [4.78, 5) is 13.5. The number of ether oxygens (including phenoxy) is 1. The average Bonchev–Trinajstić information content (AvgIpc) is 3.69. The van der Waals surface area contributed by atoms with E-state index in [0.29, 0.717) is 31.6 Å². The Hall–Kier alpha value is -0.870. The Morgan fingerprint density at radius 2 is 1.72 bits per heavy atom. The number of piperidine rings is 1. The zero-order chi connectivity index (χ0) is 31.4. The molecule has 2 unspecified atom stereocenters. The van der Waals surface area contributed by atoms with Crippen molar-refractivity contribution in [2.45, 2.75) is 153 Å². The Bertz CT molecular complexity index is 1150. The molecule has 6 rings (SSSR count). The minimum Gasteiger partial charge on any atom is -0.393 e. The van der Waals surface area contributed by atoms with Crippen LogP contribution in [0.5, 0.6) is 0 Å². The first-order valence-corrected chi connectivity index (χ1v) is 17.2. The van der Waals surface area contributed by atoms with Crippen molar-refractivity contribution >= 4 is 5.78 Å². The molecule has 244 valence electrons. The maximum atomic E-state index is 13.5. The summed E-state index contributed by atoms with van der Waals surface area (Å²) >= 11 is 0. The van der Waals surface area contributed by atoms with Crippen molar-refractivity contribution in [3.05, 3.63) is 11.6 Å². The number of ketones is 1. The highest BCUT2D eigenvalue weighted by Crippen LogP contribution is 2.69. The number of carbonyl (C=O) groups excluding carboxylic acids is 1. The van der Waals surface area contributed by atoms with Gasteiger partial charge < -0.3 is 30.5 Å². The van der Waals surface area contributed by atoms with Gasteiger partial charge >= 0.3 is 0 Å². The Balaban J connectivity index is 1.19. The van der Waals surface area contributed by atoms with Crippen LogP contribution in [0.2, 0.25) is 0 Å². The molecule has 0 radical (unpaired) electrons. The van der Waals surface area contributed by atoms with Crippen LogP contribution in [0.4, 0.5) is 0 Å². The molecule has 0 amide bonds. The molecule has 8 heteroatoms. The van der Waals surface area contributed by atoms with E-state index in [-0.39, 0.29) is 35.1 Å². The Kier molecular flexibility index (Phi) is 7.70.